The van der Waals surface area contributed by atoms with Crippen LogP contribution in [0.3, 0.4) is 0 Å². The van der Waals surface area contributed by atoms with Crippen molar-refractivity contribution < 1.29 is 0 Å². The summed E-state index contributed by atoms with van der Waals surface area (Å²) in [6.45, 7) is 3.89. The maximum atomic E-state index is 4.83. The number of fused-ring (bicyclic) bond motifs is 2. The molecule has 0 amide bonds. The van der Waals surface area contributed by atoms with Crippen LogP contribution in [0.15, 0.2) is 18.5 Å². The summed E-state index contributed by atoms with van der Waals surface area (Å²) in [6.07, 6.45) is 9.21. The Morgan fingerprint density at radius 2 is 1.84 bits per heavy atom. The molecule has 0 radical (unpaired) electrons. The van der Waals surface area contributed by atoms with E-state index in [1.165, 1.54) is 17.7 Å². The molecular formula is C18H21N7. The molecular weight excluding hydrogens is 314 g/mol. The van der Waals surface area contributed by atoms with Gasteiger partial charge in [-0.05, 0) is 56.2 Å². The lowest BCUT2D eigenvalue weighted by Crippen LogP contribution is -2.34. The van der Waals surface area contributed by atoms with Crippen LogP contribution in [0.25, 0.3) is 5.65 Å². The summed E-state index contributed by atoms with van der Waals surface area (Å²) in [6, 6.07) is 2.17. The van der Waals surface area contributed by atoms with Crippen molar-refractivity contribution in [3.05, 3.63) is 41.1 Å². The molecule has 2 aliphatic rings. The van der Waals surface area contributed by atoms with E-state index in [2.05, 4.69) is 31.1 Å². The quantitative estimate of drug-likeness (QED) is 0.714. The molecule has 128 valence electrons. The number of piperidine rings is 1. The molecule has 1 aliphatic heterocycles. The van der Waals surface area contributed by atoms with Crippen LogP contribution in [-0.4, -0.2) is 42.9 Å². The van der Waals surface area contributed by atoms with Gasteiger partial charge < -0.3 is 4.90 Å². The molecule has 0 aromatic carbocycles. The zero-order valence-corrected chi connectivity index (χ0v) is 14.4. The van der Waals surface area contributed by atoms with E-state index in [-0.39, 0.29) is 0 Å². The molecule has 0 saturated carbocycles. The molecule has 7 nitrogen and oxygen atoms in total. The van der Waals surface area contributed by atoms with E-state index in [1.54, 1.807) is 0 Å². The number of aromatic nitrogens is 6. The van der Waals surface area contributed by atoms with E-state index in [0.717, 1.165) is 61.8 Å². The van der Waals surface area contributed by atoms with E-state index in [0.29, 0.717) is 5.92 Å². The predicted molar refractivity (Wildman–Crippen MR) is 93.8 cm³/mol. The highest BCUT2D eigenvalue weighted by Crippen LogP contribution is 2.29. The number of aryl methyl sites for hydroxylation is 3. The topological polar surface area (TPSA) is 72.1 Å². The fourth-order valence-electron chi connectivity index (χ4n) is 3.94. The van der Waals surface area contributed by atoms with Gasteiger partial charge in [-0.1, -0.05) is 0 Å². The van der Waals surface area contributed by atoms with Crippen molar-refractivity contribution in [2.24, 2.45) is 0 Å². The summed E-state index contributed by atoms with van der Waals surface area (Å²) in [4.78, 5) is 11.2. The van der Waals surface area contributed by atoms with E-state index in [4.69, 9.17) is 5.10 Å². The van der Waals surface area contributed by atoms with E-state index in [9.17, 15) is 0 Å². The van der Waals surface area contributed by atoms with Crippen molar-refractivity contribution in [3.8, 4) is 0 Å². The lowest BCUT2D eigenvalue weighted by Gasteiger charge is -2.31. The van der Waals surface area contributed by atoms with Crippen LogP contribution in [-0.2, 0) is 12.8 Å². The van der Waals surface area contributed by atoms with Gasteiger partial charge >= 0.3 is 0 Å². The molecule has 25 heavy (non-hydrogen) atoms. The molecule has 0 atom stereocenters. The SMILES string of the molecule is Cc1cnc(N2CCC(c3nnc4cc5c(nn34)CCC5)CC2)nc1. The Balaban J connectivity index is 1.37. The number of hydrogen-bond acceptors (Lipinski definition) is 6. The van der Waals surface area contributed by atoms with E-state index < -0.39 is 0 Å². The standard InChI is InChI=1S/C18H21N7/c1-12-10-19-18(20-11-12)24-7-5-13(6-8-24)17-22-21-16-9-14-3-2-4-15(14)23-25(16)17/h9-11,13H,2-8H2,1H3. The Bertz CT molecular complexity index is 907. The molecule has 4 heterocycles. The van der Waals surface area contributed by atoms with Gasteiger partial charge in [0.1, 0.15) is 0 Å². The third kappa shape index (κ3) is 2.54. The second-order valence-electron chi connectivity index (χ2n) is 7.12. The summed E-state index contributed by atoms with van der Waals surface area (Å²) in [5.74, 6) is 2.23. The third-order valence-electron chi connectivity index (χ3n) is 5.35. The molecule has 5 rings (SSSR count). The van der Waals surface area contributed by atoms with Crippen molar-refractivity contribution in [1.82, 2.24) is 29.8 Å². The van der Waals surface area contributed by atoms with E-state index in [1.807, 2.05) is 23.8 Å². The van der Waals surface area contributed by atoms with Crippen LogP contribution in [0.1, 0.15) is 47.8 Å². The van der Waals surface area contributed by atoms with Crippen LogP contribution < -0.4 is 4.90 Å². The Hall–Kier alpha value is -2.57. The first-order valence-corrected chi connectivity index (χ1v) is 9.05. The summed E-state index contributed by atoms with van der Waals surface area (Å²) in [7, 11) is 0. The van der Waals surface area contributed by atoms with Gasteiger partial charge in [-0.2, -0.15) is 9.61 Å². The molecule has 1 fully saturated rings. The third-order valence-corrected chi connectivity index (χ3v) is 5.35. The number of rotatable bonds is 2. The first kappa shape index (κ1) is 14.7. The molecule has 1 aliphatic carbocycles. The van der Waals surface area contributed by atoms with Crippen LogP contribution in [0, 0.1) is 6.92 Å². The minimum atomic E-state index is 0.392. The van der Waals surface area contributed by atoms with Crippen molar-refractivity contribution in [1.29, 1.82) is 0 Å². The van der Waals surface area contributed by atoms with Crippen LogP contribution in [0.2, 0.25) is 0 Å². The molecule has 1 saturated heterocycles. The normalized spacial score (nSPS) is 18.0. The fraction of sp³-hybridized carbons (Fsp3) is 0.500. The van der Waals surface area contributed by atoms with Gasteiger partial charge in [0.2, 0.25) is 5.95 Å². The van der Waals surface area contributed by atoms with Crippen molar-refractivity contribution in [3.63, 3.8) is 0 Å². The molecule has 3 aromatic rings. The number of hydrogen-bond donors (Lipinski definition) is 0. The lowest BCUT2D eigenvalue weighted by molar-refractivity contribution is 0.472. The zero-order chi connectivity index (χ0) is 16.8. The van der Waals surface area contributed by atoms with Crippen LogP contribution >= 0.6 is 0 Å². The van der Waals surface area contributed by atoms with Gasteiger partial charge in [0, 0.05) is 31.4 Å². The van der Waals surface area contributed by atoms with Crippen molar-refractivity contribution in [2.75, 3.05) is 18.0 Å². The summed E-state index contributed by atoms with van der Waals surface area (Å²) < 4.78 is 1.98. The monoisotopic (exact) mass is 335 g/mol. The first-order chi connectivity index (χ1) is 12.3. The maximum Gasteiger partial charge on any atom is 0.225 e. The van der Waals surface area contributed by atoms with Gasteiger partial charge in [-0.3, -0.25) is 0 Å². The molecule has 0 bridgehead atoms. The summed E-state index contributed by atoms with van der Waals surface area (Å²) in [5.41, 5.74) is 4.55. The lowest BCUT2D eigenvalue weighted by atomic mass is 9.96. The zero-order valence-electron chi connectivity index (χ0n) is 14.4. The average Bonchev–Trinajstić information content (AvgIpc) is 3.26. The highest BCUT2D eigenvalue weighted by molar-refractivity contribution is 5.43. The smallest absolute Gasteiger partial charge is 0.225 e. The fourth-order valence-corrected chi connectivity index (χ4v) is 3.94. The highest BCUT2D eigenvalue weighted by Gasteiger charge is 2.27. The average molecular weight is 335 g/mol. The maximum absolute atomic E-state index is 4.83. The van der Waals surface area contributed by atoms with Gasteiger partial charge in [-0.25, -0.2) is 9.97 Å². The molecule has 0 spiro atoms. The van der Waals surface area contributed by atoms with E-state index >= 15 is 0 Å². The predicted octanol–water partition coefficient (Wildman–Crippen LogP) is 2.10. The van der Waals surface area contributed by atoms with Crippen molar-refractivity contribution >= 4 is 11.6 Å². The molecule has 7 heteroatoms. The Morgan fingerprint density at radius 1 is 1.04 bits per heavy atom. The number of anilines is 1. The van der Waals surface area contributed by atoms with Gasteiger partial charge in [0.25, 0.3) is 0 Å². The number of nitrogens with zero attached hydrogens (tertiary/aromatic N) is 7. The second-order valence-corrected chi connectivity index (χ2v) is 7.12. The largest absolute Gasteiger partial charge is 0.341 e. The minimum Gasteiger partial charge on any atom is -0.341 e. The Morgan fingerprint density at radius 3 is 2.64 bits per heavy atom. The first-order valence-electron chi connectivity index (χ1n) is 9.05. The Kier molecular flexibility index (Phi) is 3.39. The highest BCUT2D eigenvalue weighted by atomic mass is 15.4. The Labute approximate surface area is 146 Å². The van der Waals surface area contributed by atoms with Gasteiger partial charge in [0.15, 0.2) is 11.5 Å². The molecule has 3 aromatic heterocycles. The van der Waals surface area contributed by atoms with Gasteiger partial charge in [0.05, 0.1) is 5.69 Å². The van der Waals surface area contributed by atoms with Crippen LogP contribution in [0.5, 0.6) is 0 Å². The van der Waals surface area contributed by atoms with Gasteiger partial charge in [-0.15, -0.1) is 10.2 Å². The van der Waals surface area contributed by atoms with Crippen LogP contribution in [0.4, 0.5) is 5.95 Å². The summed E-state index contributed by atoms with van der Waals surface area (Å²) >= 11 is 0. The molecule has 0 unspecified atom stereocenters. The second kappa shape index (κ2) is 5.75. The van der Waals surface area contributed by atoms with Crippen molar-refractivity contribution in [2.45, 2.75) is 44.9 Å². The molecule has 0 N–H and O–H groups in total. The summed E-state index contributed by atoms with van der Waals surface area (Å²) in [5, 5.41) is 13.7. The minimum absolute atomic E-state index is 0.392.